The largest absolute Gasteiger partial charge is 0.493 e. The van der Waals surface area contributed by atoms with E-state index >= 15 is 0 Å². The second-order valence-corrected chi connectivity index (χ2v) is 9.31. The van der Waals surface area contributed by atoms with Gasteiger partial charge in [0.1, 0.15) is 0 Å². The maximum Gasteiger partial charge on any atom is 0.166 e. The maximum atomic E-state index is 5.60. The average Bonchev–Trinajstić information content (AvgIpc) is 3.10. The molecule has 2 fully saturated rings. The molecule has 5 nitrogen and oxygen atoms in total. The van der Waals surface area contributed by atoms with Gasteiger partial charge in [0, 0.05) is 24.0 Å². The fraction of sp³-hybridized carbons (Fsp3) is 0.708. The van der Waals surface area contributed by atoms with Crippen molar-refractivity contribution in [2.24, 2.45) is 0 Å². The Morgan fingerprint density at radius 1 is 1.17 bits per heavy atom. The zero-order valence-electron chi connectivity index (χ0n) is 19.1. The molecule has 2 N–H and O–H groups in total. The number of ether oxygens (including phenoxy) is 2. The first kappa shape index (κ1) is 23.1. The van der Waals surface area contributed by atoms with Crippen molar-refractivity contribution < 1.29 is 9.47 Å². The number of nitrogens with one attached hydrogen (secondary N) is 2. The van der Waals surface area contributed by atoms with Gasteiger partial charge in [0.2, 0.25) is 0 Å². The molecule has 1 aromatic rings. The summed E-state index contributed by atoms with van der Waals surface area (Å²) >= 11 is 5.58. The zero-order valence-corrected chi connectivity index (χ0v) is 19.9. The van der Waals surface area contributed by atoms with Crippen LogP contribution in [0.5, 0.6) is 11.5 Å². The number of thiocarbonyl (C=S) groups is 1. The summed E-state index contributed by atoms with van der Waals surface area (Å²) in [5.74, 6) is 1.62. The minimum absolute atomic E-state index is 0.182. The van der Waals surface area contributed by atoms with Crippen LogP contribution in [-0.2, 0) is 5.41 Å². The van der Waals surface area contributed by atoms with Gasteiger partial charge in [0.25, 0.3) is 0 Å². The number of hydrogen-bond donors (Lipinski definition) is 2. The number of rotatable bonds is 9. The number of benzene rings is 1. The molecule has 0 aromatic heterocycles. The van der Waals surface area contributed by atoms with Gasteiger partial charge >= 0.3 is 0 Å². The number of nitrogens with zero attached hydrogens (tertiary/aromatic N) is 1. The second-order valence-electron chi connectivity index (χ2n) is 8.90. The first-order chi connectivity index (χ1) is 14.5. The van der Waals surface area contributed by atoms with E-state index in [4.69, 9.17) is 21.7 Å². The molecule has 1 aliphatic carbocycles. The van der Waals surface area contributed by atoms with Gasteiger partial charge in [0.05, 0.1) is 14.2 Å². The highest BCUT2D eigenvalue weighted by molar-refractivity contribution is 7.80. The fourth-order valence-electron chi connectivity index (χ4n) is 5.38. The van der Waals surface area contributed by atoms with Crippen molar-refractivity contribution in [1.82, 2.24) is 15.5 Å². The van der Waals surface area contributed by atoms with E-state index in [9.17, 15) is 0 Å². The van der Waals surface area contributed by atoms with E-state index < -0.39 is 0 Å². The van der Waals surface area contributed by atoms with Crippen molar-refractivity contribution in [2.75, 3.05) is 34.4 Å². The van der Waals surface area contributed by atoms with Crippen molar-refractivity contribution in [3.05, 3.63) is 23.8 Å². The van der Waals surface area contributed by atoms with Crippen LogP contribution >= 0.6 is 12.2 Å². The lowest BCUT2D eigenvalue weighted by molar-refractivity contribution is 0.161. The van der Waals surface area contributed by atoms with E-state index in [1.165, 1.54) is 37.7 Å². The predicted octanol–water partition coefficient (Wildman–Crippen LogP) is 4.24. The van der Waals surface area contributed by atoms with E-state index in [0.717, 1.165) is 49.0 Å². The Morgan fingerprint density at radius 3 is 2.70 bits per heavy atom. The Hall–Kier alpha value is -1.53. The first-order valence-corrected chi connectivity index (χ1v) is 11.9. The summed E-state index contributed by atoms with van der Waals surface area (Å²) < 4.78 is 11.1. The quantitative estimate of drug-likeness (QED) is 0.449. The van der Waals surface area contributed by atoms with Crippen LogP contribution in [0.25, 0.3) is 0 Å². The smallest absolute Gasteiger partial charge is 0.166 e. The standard InChI is InChI=1S/C24H39N3O2S/c1-5-6-7-8-14-25-23(30)26-19-11-12-24(13-15-27(2)22(24)17-19)18-9-10-20(28-3)21(16-18)29-4/h9-10,16,19,22H,5-8,11-15,17H2,1-4H3,(H2,25,26,30)/t19-,22+,24-/m0/s1. The third kappa shape index (κ3) is 5.02. The molecule has 3 rings (SSSR count). The van der Waals surface area contributed by atoms with Crippen LogP contribution in [-0.4, -0.2) is 56.5 Å². The molecule has 0 amide bonds. The van der Waals surface area contributed by atoms with E-state index in [0.29, 0.717) is 12.1 Å². The Kier molecular flexibility index (Phi) is 8.23. The fourth-order valence-corrected chi connectivity index (χ4v) is 5.65. The van der Waals surface area contributed by atoms with Crippen LogP contribution in [0.3, 0.4) is 0 Å². The molecule has 3 atom stereocenters. The van der Waals surface area contributed by atoms with Gasteiger partial charge in [0.15, 0.2) is 16.6 Å². The van der Waals surface area contributed by atoms with Crippen LogP contribution in [0.2, 0.25) is 0 Å². The van der Waals surface area contributed by atoms with Gasteiger partial charge in [-0.2, -0.15) is 0 Å². The summed E-state index contributed by atoms with van der Waals surface area (Å²) in [5.41, 5.74) is 1.56. The van der Waals surface area contributed by atoms with E-state index in [1.54, 1.807) is 14.2 Å². The number of methoxy groups -OCH3 is 2. The average molecular weight is 434 g/mol. The van der Waals surface area contributed by atoms with Crippen LogP contribution in [0.1, 0.15) is 63.9 Å². The van der Waals surface area contributed by atoms with Gasteiger partial charge in [-0.05, 0) is 75.6 Å². The van der Waals surface area contributed by atoms with Crippen molar-refractivity contribution in [3.63, 3.8) is 0 Å². The number of hydrogen-bond acceptors (Lipinski definition) is 4. The summed E-state index contributed by atoms with van der Waals surface area (Å²) in [6.07, 6.45) is 9.63. The number of fused-ring (bicyclic) bond motifs is 1. The lowest BCUT2D eigenvalue weighted by Gasteiger charge is -2.45. The lowest BCUT2D eigenvalue weighted by Crippen LogP contribution is -2.53. The molecule has 168 valence electrons. The highest BCUT2D eigenvalue weighted by Crippen LogP contribution is 2.49. The number of unbranched alkanes of at least 4 members (excludes halogenated alkanes) is 3. The molecule has 1 aromatic carbocycles. The topological polar surface area (TPSA) is 45.8 Å². The summed E-state index contributed by atoms with van der Waals surface area (Å²) in [7, 11) is 5.67. The summed E-state index contributed by atoms with van der Waals surface area (Å²) in [6, 6.07) is 7.43. The van der Waals surface area contributed by atoms with Gasteiger partial charge in [-0.25, -0.2) is 0 Å². The molecule has 0 spiro atoms. The number of likely N-dealkylation sites (tertiary alicyclic amines) is 1. The van der Waals surface area contributed by atoms with Crippen molar-refractivity contribution in [1.29, 1.82) is 0 Å². The second kappa shape index (κ2) is 10.7. The molecule has 2 aliphatic rings. The van der Waals surface area contributed by atoms with Crippen molar-refractivity contribution in [2.45, 2.75) is 75.8 Å². The van der Waals surface area contributed by atoms with Crippen molar-refractivity contribution in [3.8, 4) is 11.5 Å². The summed E-state index contributed by atoms with van der Waals surface area (Å²) in [4.78, 5) is 2.53. The van der Waals surface area contributed by atoms with E-state index in [-0.39, 0.29) is 5.41 Å². The molecule has 6 heteroatoms. The van der Waals surface area contributed by atoms with Crippen LogP contribution in [0, 0.1) is 0 Å². The maximum absolute atomic E-state index is 5.60. The minimum Gasteiger partial charge on any atom is -0.493 e. The first-order valence-electron chi connectivity index (χ1n) is 11.5. The molecule has 0 bridgehead atoms. The highest BCUT2D eigenvalue weighted by Gasteiger charge is 2.50. The molecule has 1 saturated carbocycles. The van der Waals surface area contributed by atoms with Crippen LogP contribution < -0.4 is 20.1 Å². The third-order valence-corrected chi connectivity index (χ3v) is 7.40. The molecule has 1 aliphatic heterocycles. The summed E-state index contributed by atoms with van der Waals surface area (Å²) in [6.45, 7) is 4.34. The summed E-state index contributed by atoms with van der Waals surface area (Å²) in [5, 5.41) is 7.82. The Morgan fingerprint density at radius 2 is 1.97 bits per heavy atom. The van der Waals surface area contributed by atoms with Crippen LogP contribution in [0.15, 0.2) is 18.2 Å². The Bertz CT molecular complexity index is 714. The van der Waals surface area contributed by atoms with Crippen molar-refractivity contribution >= 4 is 17.3 Å². The molecule has 1 saturated heterocycles. The molecule has 1 heterocycles. The van der Waals surface area contributed by atoms with Gasteiger partial charge in [-0.15, -0.1) is 0 Å². The zero-order chi connectivity index (χ0) is 21.6. The molecule has 0 radical (unpaired) electrons. The van der Waals surface area contributed by atoms with E-state index in [2.05, 4.69) is 47.7 Å². The van der Waals surface area contributed by atoms with Crippen LogP contribution in [0.4, 0.5) is 0 Å². The molecular weight excluding hydrogens is 394 g/mol. The molecular formula is C24H39N3O2S. The molecule has 30 heavy (non-hydrogen) atoms. The van der Waals surface area contributed by atoms with Gasteiger partial charge in [-0.3, -0.25) is 0 Å². The lowest BCUT2D eigenvalue weighted by atomic mass is 9.65. The predicted molar refractivity (Wildman–Crippen MR) is 128 cm³/mol. The Balaban J connectivity index is 1.64. The normalized spacial score (nSPS) is 26.1. The van der Waals surface area contributed by atoms with Gasteiger partial charge in [-0.1, -0.05) is 32.3 Å². The Labute approximate surface area is 187 Å². The SMILES string of the molecule is CCCCCCNC(=S)N[C@H]1CC[C@@]2(c3ccc(OC)c(OC)c3)CCN(C)[C@@H]2C1. The molecule has 0 unspecified atom stereocenters. The highest BCUT2D eigenvalue weighted by atomic mass is 32.1. The monoisotopic (exact) mass is 433 g/mol. The van der Waals surface area contributed by atoms with E-state index in [1.807, 2.05) is 0 Å². The minimum atomic E-state index is 0.182. The number of likely N-dealkylation sites (N-methyl/N-ethyl adjacent to an activating group) is 1. The third-order valence-electron chi connectivity index (χ3n) is 7.14. The van der Waals surface area contributed by atoms with Gasteiger partial charge < -0.3 is 25.0 Å².